The molecule has 0 bridgehead atoms. The Kier molecular flexibility index (Phi) is 4.45. The quantitative estimate of drug-likeness (QED) is 0.676. The lowest BCUT2D eigenvalue weighted by Gasteiger charge is -2.16. The number of likely N-dealkylation sites (tertiary alicyclic amines) is 1. The van der Waals surface area contributed by atoms with Crippen molar-refractivity contribution < 1.29 is 0 Å². The van der Waals surface area contributed by atoms with E-state index in [0.717, 1.165) is 11.8 Å². The van der Waals surface area contributed by atoms with Crippen LogP contribution in [0.5, 0.6) is 0 Å². The van der Waals surface area contributed by atoms with Crippen molar-refractivity contribution in [1.82, 2.24) is 10.2 Å². The van der Waals surface area contributed by atoms with Gasteiger partial charge < -0.3 is 10.2 Å². The minimum atomic E-state index is 1.06. The molecule has 1 saturated heterocycles. The molecule has 2 fully saturated rings. The highest BCUT2D eigenvalue weighted by molar-refractivity contribution is 4.88. The first-order valence-corrected chi connectivity index (χ1v) is 6.83. The number of fused-ring (bicyclic) bond motifs is 1. The fourth-order valence-corrected chi connectivity index (χ4v) is 3.18. The molecule has 1 saturated carbocycles. The summed E-state index contributed by atoms with van der Waals surface area (Å²) in [5, 5.41) is 3.54. The number of hydrogen-bond acceptors (Lipinski definition) is 2. The van der Waals surface area contributed by atoms with Gasteiger partial charge in [0, 0.05) is 26.2 Å². The second-order valence-corrected chi connectivity index (χ2v) is 5.31. The van der Waals surface area contributed by atoms with E-state index in [0.29, 0.717) is 0 Å². The van der Waals surface area contributed by atoms with E-state index in [9.17, 15) is 0 Å². The molecule has 0 aromatic carbocycles. The average Bonchev–Trinajstić information content (AvgIpc) is 2.77. The Morgan fingerprint density at radius 3 is 2.53 bits per heavy atom. The molecule has 2 rings (SSSR count). The standard InChI is InChI=1S/C13H26N2/c1-2-3-7-14-8-9-15-10-12-5-4-6-13(12)11-15/h12-14H,2-11H2,1H3. The van der Waals surface area contributed by atoms with E-state index < -0.39 is 0 Å². The zero-order valence-corrected chi connectivity index (χ0v) is 10.2. The molecule has 88 valence electrons. The van der Waals surface area contributed by atoms with Crippen molar-refractivity contribution in [1.29, 1.82) is 0 Å². The predicted octanol–water partition coefficient (Wildman–Crippen LogP) is 2.11. The molecule has 1 N–H and O–H groups in total. The fraction of sp³-hybridized carbons (Fsp3) is 1.00. The lowest BCUT2D eigenvalue weighted by atomic mass is 10.0. The van der Waals surface area contributed by atoms with E-state index in [2.05, 4.69) is 17.1 Å². The highest BCUT2D eigenvalue weighted by Gasteiger charge is 2.35. The van der Waals surface area contributed by atoms with Crippen LogP contribution in [0.2, 0.25) is 0 Å². The van der Waals surface area contributed by atoms with Crippen molar-refractivity contribution in [2.24, 2.45) is 11.8 Å². The van der Waals surface area contributed by atoms with Gasteiger partial charge in [0.15, 0.2) is 0 Å². The van der Waals surface area contributed by atoms with Gasteiger partial charge in [-0.1, -0.05) is 19.8 Å². The third-order valence-corrected chi connectivity index (χ3v) is 4.11. The molecule has 1 heterocycles. The van der Waals surface area contributed by atoms with Crippen molar-refractivity contribution in [3.8, 4) is 0 Å². The van der Waals surface area contributed by atoms with Gasteiger partial charge in [0.05, 0.1) is 0 Å². The summed E-state index contributed by atoms with van der Waals surface area (Å²) in [5.74, 6) is 2.11. The molecule has 15 heavy (non-hydrogen) atoms. The van der Waals surface area contributed by atoms with Crippen LogP contribution in [-0.4, -0.2) is 37.6 Å². The Morgan fingerprint density at radius 2 is 1.87 bits per heavy atom. The maximum Gasteiger partial charge on any atom is 0.0107 e. The lowest BCUT2D eigenvalue weighted by molar-refractivity contribution is 0.309. The van der Waals surface area contributed by atoms with E-state index in [1.807, 2.05) is 0 Å². The molecule has 2 unspecified atom stereocenters. The fourth-order valence-electron chi connectivity index (χ4n) is 3.18. The molecule has 2 atom stereocenters. The summed E-state index contributed by atoms with van der Waals surface area (Å²) in [6, 6.07) is 0. The van der Waals surface area contributed by atoms with E-state index in [4.69, 9.17) is 0 Å². The summed E-state index contributed by atoms with van der Waals surface area (Å²) < 4.78 is 0. The molecule has 0 spiro atoms. The molecule has 2 aliphatic rings. The van der Waals surface area contributed by atoms with Crippen LogP contribution in [0.1, 0.15) is 39.0 Å². The lowest BCUT2D eigenvalue weighted by Crippen LogP contribution is -2.31. The smallest absolute Gasteiger partial charge is 0.0107 e. The zero-order chi connectivity index (χ0) is 10.5. The van der Waals surface area contributed by atoms with Crippen LogP contribution in [0.3, 0.4) is 0 Å². The van der Waals surface area contributed by atoms with Crippen LogP contribution in [0.15, 0.2) is 0 Å². The highest BCUT2D eigenvalue weighted by Crippen LogP contribution is 2.37. The zero-order valence-electron chi connectivity index (χ0n) is 10.2. The first-order chi connectivity index (χ1) is 7.40. The van der Waals surface area contributed by atoms with Crippen molar-refractivity contribution >= 4 is 0 Å². The summed E-state index contributed by atoms with van der Waals surface area (Å²) >= 11 is 0. The molecule has 1 aliphatic carbocycles. The maximum absolute atomic E-state index is 3.54. The SMILES string of the molecule is CCCCNCCN1CC2CCCC2C1. The van der Waals surface area contributed by atoms with Gasteiger partial charge in [-0.3, -0.25) is 0 Å². The van der Waals surface area contributed by atoms with Crippen LogP contribution < -0.4 is 5.32 Å². The van der Waals surface area contributed by atoms with Gasteiger partial charge in [-0.25, -0.2) is 0 Å². The van der Waals surface area contributed by atoms with E-state index >= 15 is 0 Å². The first-order valence-electron chi connectivity index (χ1n) is 6.83. The Balaban J connectivity index is 1.53. The third kappa shape index (κ3) is 3.18. The largest absolute Gasteiger partial charge is 0.315 e. The minimum absolute atomic E-state index is 1.06. The Bertz CT molecular complexity index is 169. The normalized spacial score (nSPS) is 31.0. The molecule has 0 radical (unpaired) electrons. The number of rotatable bonds is 6. The molecule has 2 heteroatoms. The van der Waals surface area contributed by atoms with Crippen LogP contribution in [0.4, 0.5) is 0 Å². The summed E-state index contributed by atoms with van der Waals surface area (Å²) in [7, 11) is 0. The van der Waals surface area contributed by atoms with Gasteiger partial charge in [0.1, 0.15) is 0 Å². The molecular weight excluding hydrogens is 184 g/mol. The topological polar surface area (TPSA) is 15.3 Å². The van der Waals surface area contributed by atoms with Crippen molar-refractivity contribution in [3.63, 3.8) is 0 Å². The second kappa shape index (κ2) is 5.86. The molecule has 0 amide bonds. The Labute approximate surface area is 94.4 Å². The Hall–Kier alpha value is -0.0800. The summed E-state index contributed by atoms with van der Waals surface area (Å²) in [5.41, 5.74) is 0. The summed E-state index contributed by atoms with van der Waals surface area (Å²) in [6.07, 6.45) is 7.14. The van der Waals surface area contributed by atoms with E-state index in [1.165, 1.54) is 64.8 Å². The highest BCUT2D eigenvalue weighted by atomic mass is 15.2. The molecule has 2 nitrogen and oxygen atoms in total. The molecular formula is C13H26N2. The van der Waals surface area contributed by atoms with Crippen LogP contribution in [-0.2, 0) is 0 Å². The van der Waals surface area contributed by atoms with Gasteiger partial charge in [-0.15, -0.1) is 0 Å². The monoisotopic (exact) mass is 210 g/mol. The molecule has 1 aliphatic heterocycles. The number of nitrogens with zero attached hydrogens (tertiary/aromatic N) is 1. The number of nitrogens with one attached hydrogen (secondary N) is 1. The van der Waals surface area contributed by atoms with Gasteiger partial charge in [0.25, 0.3) is 0 Å². The van der Waals surface area contributed by atoms with Gasteiger partial charge in [0.2, 0.25) is 0 Å². The average molecular weight is 210 g/mol. The second-order valence-electron chi connectivity index (χ2n) is 5.31. The van der Waals surface area contributed by atoms with Crippen LogP contribution in [0, 0.1) is 11.8 Å². The van der Waals surface area contributed by atoms with Gasteiger partial charge in [-0.05, 0) is 37.6 Å². The van der Waals surface area contributed by atoms with Crippen molar-refractivity contribution in [2.75, 3.05) is 32.7 Å². The van der Waals surface area contributed by atoms with Crippen LogP contribution in [0.25, 0.3) is 0 Å². The summed E-state index contributed by atoms with van der Waals surface area (Å²) in [6.45, 7) is 8.71. The maximum atomic E-state index is 3.54. The van der Waals surface area contributed by atoms with E-state index in [1.54, 1.807) is 0 Å². The van der Waals surface area contributed by atoms with Gasteiger partial charge >= 0.3 is 0 Å². The number of unbranched alkanes of at least 4 members (excludes halogenated alkanes) is 1. The summed E-state index contributed by atoms with van der Waals surface area (Å²) in [4.78, 5) is 2.67. The molecule has 0 aromatic rings. The van der Waals surface area contributed by atoms with Crippen molar-refractivity contribution in [2.45, 2.75) is 39.0 Å². The van der Waals surface area contributed by atoms with E-state index in [-0.39, 0.29) is 0 Å². The third-order valence-electron chi connectivity index (χ3n) is 4.11. The predicted molar refractivity (Wildman–Crippen MR) is 65.0 cm³/mol. The van der Waals surface area contributed by atoms with Crippen molar-refractivity contribution in [3.05, 3.63) is 0 Å². The van der Waals surface area contributed by atoms with Gasteiger partial charge in [-0.2, -0.15) is 0 Å². The first kappa shape index (κ1) is 11.4. The Morgan fingerprint density at radius 1 is 1.13 bits per heavy atom. The minimum Gasteiger partial charge on any atom is -0.315 e. The molecule has 0 aromatic heterocycles. The number of hydrogen-bond donors (Lipinski definition) is 1. The van der Waals surface area contributed by atoms with Crippen LogP contribution >= 0.6 is 0 Å².